The molecule has 3 aromatic rings. The molecule has 1 heterocycles. The number of hydrogen-bond donors (Lipinski definition) is 2. The van der Waals surface area contributed by atoms with Gasteiger partial charge < -0.3 is 16.0 Å². The van der Waals surface area contributed by atoms with Gasteiger partial charge >= 0.3 is 0 Å². The molecule has 0 saturated carbocycles. The van der Waals surface area contributed by atoms with Gasteiger partial charge in [0.2, 0.25) is 0 Å². The molecule has 2 aromatic carbocycles. The lowest BCUT2D eigenvalue weighted by molar-refractivity contribution is 0.0950. The Kier molecular flexibility index (Phi) is 7.12. The van der Waals surface area contributed by atoms with Crippen LogP contribution in [0.2, 0.25) is 0 Å². The lowest BCUT2D eigenvalue weighted by Gasteiger charge is -2.17. The van der Waals surface area contributed by atoms with E-state index in [9.17, 15) is 4.79 Å². The molecule has 5 nitrogen and oxygen atoms in total. The quantitative estimate of drug-likeness (QED) is 0.602. The Hall–Kier alpha value is -2.76. The Morgan fingerprint density at radius 2 is 1.86 bits per heavy atom. The number of fused-ring (bicyclic) bond motifs is 1. The predicted molar refractivity (Wildman–Crippen MR) is 114 cm³/mol. The van der Waals surface area contributed by atoms with E-state index in [1.807, 2.05) is 30.3 Å². The number of nitrogens with zero attached hydrogens (tertiary/aromatic N) is 2. The molecule has 0 saturated heterocycles. The number of aryl methyl sites for hydroxylation is 1. The van der Waals surface area contributed by atoms with Crippen LogP contribution >= 0.6 is 0 Å². The van der Waals surface area contributed by atoms with Crippen LogP contribution in [0.1, 0.15) is 27.9 Å². The number of aromatic nitrogens is 1. The van der Waals surface area contributed by atoms with Crippen molar-refractivity contribution in [1.29, 1.82) is 0 Å². The van der Waals surface area contributed by atoms with Crippen molar-refractivity contribution < 1.29 is 4.79 Å². The standard InChI is InChI=1S/C23H28N4O/c1-27(14-3-4-18-6-8-19(17-24)9-7-18)15-13-26-23(28)21-10-11-22-20(16-21)5-2-12-25-22/h2,5-12,16H,3-4,13-15,17,24H2,1H3,(H,26,28). The third-order valence-corrected chi connectivity index (χ3v) is 4.91. The molecule has 3 rings (SSSR count). The first-order valence-electron chi connectivity index (χ1n) is 9.75. The highest BCUT2D eigenvalue weighted by Crippen LogP contribution is 2.13. The molecule has 0 radical (unpaired) electrons. The molecule has 0 aliphatic rings. The van der Waals surface area contributed by atoms with Gasteiger partial charge in [-0.1, -0.05) is 30.3 Å². The second-order valence-corrected chi connectivity index (χ2v) is 7.09. The van der Waals surface area contributed by atoms with Crippen molar-refractivity contribution >= 4 is 16.8 Å². The van der Waals surface area contributed by atoms with Gasteiger partial charge in [0.25, 0.3) is 5.91 Å². The molecule has 0 aliphatic heterocycles. The summed E-state index contributed by atoms with van der Waals surface area (Å²) in [7, 11) is 2.09. The van der Waals surface area contributed by atoms with Crippen LogP contribution in [-0.4, -0.2) is 42.5 Å². The van der Waals surface area contributed by atoms with Gasteiger partial charge in [0.1, 0.15) is 0 Å². The first-order chi connectivity index (χ1) is 13.7. The molecule has 0 unspecified atom stereocenters. The highest BCUT2D eigenvalue weighted by Gasteiger charge is 2.07. The van der Waals surface area contributed by atoms with Crippen molar-refractivity contribution in [1.82, 2.24) is 15.2 Å². The van der Waals surface area contributed by atoms with E-state index in [2.05, 4.69) is 46.5 Å². The Morgan fingerprint density at radius 3 is 2.64 bits per heavy atom. The average Bonchev–Trinajstić information content (AvgIpc) is 2.73. The molecule has 0 atom stereocenters. The minimum atomic E-state index is -0.0425. The van der Waals surface area contributed by atoms with E-state index in [0.29, 0.717) is 18.7 Å². The van der Waals surface area contributed by atoms with Crippen LogP contribution in [0.5, 0.6) is 0 Å². The molecule has 28 heavy (non-hydrogen) atoms. The summed E-state index contributed by atoms with van der Waals surface area (Å²) in [5.74, 6) is -0.0425. The molecule has 146 valence electrons. The minimum absolute atomic E-state index is 0.0425. The predicted octanol–water partition coefficient (Wildman–Crippen LogP) is 2.99. The Balaban J connectivity index is 1.37. The molecule has 3 N–H and O–H groups in total. The fourth-order valence-electron chi connectivity index (χ4n) is 3.19. The van der Waals surface area contributed by atoms with Crippen molar-refractivity contribution in [2.24, 2.45) is 5.73 Å². The lowest BCUT2D eigenvalue weighted by Crippen LogP contribution is -2.33. The van der Waals surface area contributed by atoms with Crippen LogP contribution in [0.4, 0.5) is 0 Å². The maximum atomic E-state index is 12.4. The van der Waals surface area contributed by atoms with Gasteiger partial charge in [0.15, 0.2) is 0 Å². The van der Waals surface area contributed by atoms with Crippen molar-refractivity contribution in [3.63, 3.8) is 0 Å². The molecule has 0 spiro atoms. The number of amides is 1. The van der Waals surface area contributed by atoms with Crippen LogP contribution in [-0.2, 0) is 13.0 Å². The zero-order valence-corrected chi connectivity index (χ0v) is 16.4. The van der Waals surface area contributed by atoms with Crippen molar-refractivity contribution in [2.45, 2.75) is 19.4 Å². The van der Waals surface area contributed by atoms with Crippen molar-refractivity contribution in [3.8, 4) is 0 Å². The monoisotopic (exact) mass is 376 g/mol. The molecule has 0 fully saturated rings. The van der Waals surface area contributed by atoms with Crippen molar-refractivity contribution in [3.05, 3.63) is 77.5 Å². The number of pyridine rings is 1. The van der Waals surface area contributed by atoms with E-state index in [1.54, 1.807) is 6.20 Å². The average molecular weight is 377 g/mol. The highest BCUT2D eigenvalue weighted by molar-refractivity contribution is 5.97. The number of rotatable bonds is 9. The van der Waals surface area contributed by atoms with E-state index >= 15 is 0 Å². The van der Waals surface area contributed by atoms with Crippen LogP contribution in [0.25, 0.3) is 10.9 Å². The van der Waals surface area contributed by atoms with Gasteiger partial charge in [-0.25, -0.2) is 0 Å². The number of carbonyl (C=O) groups excluding carboxylic acids is 1. The normalized spacial score (nSPS) is 11.1. The van der Waals surface area contributed by atoms with Crippen LogP contribution in [0.15, 0.2) is 60.8 Å². The second-order valence-electron chi connectivity index (χ2n) is 7.09. The summed E-state index contributed by atoms with van der Waals surface area (Å²) in [5.41, 5.74) is 9.70. The number of carbonyl (C=O) groups is 1. The van der Waals surface area contributed by atoms with Crippen molar-refractivity contribution in [2.75, 3.05) is 26.7 Å². The van der Waals surface area contributed by atoms with Gasteiger partial charge in [0.05, 0.1) is 5.52 Å². The SMILES string of the molecule is CN(CCCc1ccc(CN)cc1)CCNC(=O)c1ccc2ncccc2c1. The third kappa shape index (κ3) is 5.62. The van der Waals surface area contributed by atoms with Gasteiger partial charge in [-0.2, -0.15) is 0 Å². The number of hydrogen-bond acceptors (Lipinski definition) is 4. The summed E-state index contributed by atoms with van der Waals surface area (Å²) >= 11 is 0. The molecular weight excluding hydrogens is 348 g/mol. The summed E-state index contributed by atoms with van der Waals surface area (Å²) in [6.07, 6.45) is 3.89. The lowest BCUT2D eigenvalue weighted by atomic mass is 10.1. The number of nitrogens with two attached hydrogens (primary N) is 1. The van der Waals surface area contributed by atoms with E-state index in [1.165, 1.54) is 11.1 Å². The molecule has 1 amide bonds. The largest absolute Gasteiger partial charge is 0.351 e. The fraction of sp³-hybridized carbons (Fsp3) is 0.304. The van der Waals surface area contributed by atoms with Gasteiger partial charge in [0, 0.05) is 36.8 Å². The second kappa shape index (κ2) is 9.97. The molecule has 5 heteroatoms. The highest BCUT2D eigenvalue weighted by atomic mass is 16.1. The number of benzene rings is 2. The number of nitrogens with one attached hydrogen (secondary N) is 1. The van der Waals surface area contributed by atoms with Crippen LogP contribution in [0, 0.1) is 0 Å². The maximum absolute atomic E-state index is 12.4. The summed E-state index contributed by atoms with van der Waals surface area (Å²) < 4.78 is 0. The third-order valence-electron chi connectivity index (χ3n) is 4.91. The molecule has 0 aliphatic carbocycles. The Morgan fingerprint density at radius 1 is 1.07 bits per heavy atom. The summed E-state index contributed by atoms with van der Waals surface area (Å²) in [4.78, 5) is 18.9. The topological polar surface area (TPSA) is 71.2 Å². The van der Waals surface area contributed by atoms with Crippen LogP contribution in [0.3, 0.4) is 0 Å². The zero-order chi connectivity index (χ0) is 19.8. The van der Waals surface area contributed by atoms with Gasteiger partial charge in [-0.15, -0.1) is 0 Å². The molecule has 1 aromatic heterocycles. The van der Waals surface area contributed by atoms with E-state index in [0.717, 1.165) is 36.8 Å². The first-order valence-corrected chi connectivity index (χ1v) is 9.75. The van der Waals surface area contributed by atoms with E-state index < -0.39 is 0 Å². The minimum Gasteiger partial charge on any atom is -0.351 e. The van der Waals surface area contributed by atoms with E-state index in [4.69, 9.17) is 5.73 Å². The van der Waals surface area contributed by atoms with Crippen LogP contribution < -0.4 is 11.1 Å². The number of likely N-dealkylation sites (N-methyl/N-ethyl adjacent to an activating group) is 1. The smallest absolute Gasteiger partial charge is 0.251 e. The van der Waals surface area contributed by atoms with Gasteiger partial charge in [-0.3, -0.25) is 9.78 Å². The molecular formula is C23H28N4O. The Bertz CT molecular complexity index is 908. The zero-order valence-electron chi connectivity index (χ0n) is 16.4. The van der Waals surface area contributed by atoms with Gasteiger partial charge in [-0.05, 0) is 61.8 Å². The summed E-state index contributed by atoms with van der Waals surface area (Å²) in [5, 5.41) is 3.98. The fourth-order valence-corrected chi connectivity index (χ4v) is 3.19. The summed E-state index contributed by atoms with van der Waals surface area (Å²) in [6, 6.07) is 17.9. The molecule has 0 bridgehead atoms. The summed E-state index contributed by atoms with van der Waals surface area (Å²) in [6.45, 7) is 3.04. The van der Waals surface area contributed by atoms with E-state index in [-0.39, 0.29) is 5.91 Å². The Labute approximate surface area is 166 Å². The maximum Gasteiger partial charge on any atom is 0.251 e. The first kappa shape index (κ1) is 20.0.